The van der Waals surface area contributed by atoms with Crippen LogP contribution in [0, 0.1) is 6.92 Å². The Morgan fingerprint density at radius 2 is 2.05 bits per heavy atom. The van der Waals surface area contributed by atoms with Gasteiger partial charge in [0.1, 0.15) is 0 Å². The van der Waals surface area contributed by atoms with Gasteiger partial charge in [0.2, 0.25) is 5.91 Å². The average Bonchev–Trinajstić information content (AvgIpc) is 2.37. The highest BCUT2D eigenvalue weighted by molar-refractivity contribution is 5.92. The van der Waals surface area contributed by atoms with Crippen molar-refractivity contribution in [3.63, 3.8) is 0 Å². The lowest BCUT2D eigenvalue weighted by molar-refractivity contribution is -0.138. The summed E-state index contributed by atoms with van der Waals surface area (Å²) >= 11 is 0. The lowest BCUT2D eigenvalue weighted by Crippen LogP contribution is -2.28. The lowest BCUT2D eigenvalue weighted by atomic mass is 10.1. The molecule has 0 aliphatic heterocycles. The van der Waals surface area contributed by atoms with E-state index in [1.54, 1.807) is 0 Å². The topological polar surface area (TPSA) is 64.3 Å². The number of anilines is 1. The maximum atomic E-state index is 12.7. The molecule has 0 aliphatic rings. The van der Waals surface area contributed by atoms with Crippen molar-refractivity contribution in [2.45, 2.75) is 25.6 Å². The van der Waals surface area contributed by atoms with Crippen molar-refractivity contribution in [1.29, 1.82) is 0 Å². The van der Waals surface area contributed by atoms with E-state index >= 15 is 0 Å². The van der Waals surface area contributed by atoms with Crippen molar-refractivity contribution in [2.75, 3.05) is 19.0 Å². The molecule has 4 nitrogen and oxygen atoms in total. The number of hydrogen-bond donors (Lipinski definition) is 2. The van der Waals surface area contributed by atoms with E-state index in [1.165, 1.54) is 26.2 Å². The van der Waals surface area contributed by atoms with Gasteiger partial charge in [-0.1, -0.05) is 6.07 Å². The number of carbonyl (C=O) groups is 1. The summed E-state index contributed by atoms with van der Waals surface area (Å²) in [5, 5.41) is 2.45. The molecular weight excluding hydrogens is 309 g/mol. The predicted molar refractivity (Wildman–Crippen MR) is 76.5 cm³/mol. The molecule has 0 radical (unpaired) electrons. The van der Waals surface area contributed by atoms with Crippen LogP contribution >= 0.6 is 12.4 Å². The molecule has 1 unspecified atom stereocenters. The molecule has 1 aromatic rings. The Morgan fingerprint density at radius 3 is 2.52 bits per heavy atom. The van der Waals surface area contributed by atoms with Gasteiger partial charge in [-0.05, 0) is 24.6 Å². The Hall–Kier alpha value is -1.31. The smallest absolute Gasteiger partial charge is 0.380 e. The fourth-order valence-electron chi connectivity index (χ4n) is 1.75. The van der Waals surface area contributed by atoms with Crippen LogP contribution in [-0.4, -0.2) is 25.7 Å². The Kier molecular flexibility index (Phi) is 7.70. The molecule has 21 heavy (non-hydrogen) atoms. The highest BCUT2D eigenvalue weighted by atomic mass is 35.5. The first-order valence-corrected chi connectivity index (χ1v) is 5.99. The molecular formula is C13H18ClF3N2O2. The largest absolute Gasteiger partial charge is 0.416 e. The van der Waals surface area contributed by atoms with Gasteiger partial charge in [0.05, 0.1) is 18.1 Å². The zero-order chi connectivity index (χ0) is 15.3. The first-order valence-electron chi connectivity index (χ1n) is 5.99. The second-order valence-corrected chi connectivity index (χ2v) is 4.32. The van der Waals surface area contributed by atoms with E-state index in [2.05, 4.69) is 5.32 Å². The standard InChI is InChI=1S/C13H17F3N2O2.ClH/c1-8-10(13(14,15)16)4-3-5-11(8)18-12(19)6-9(7-17)20-2;/h3-5,9H,6-7,17H2,1-2H3,(H,18,19);1H. The van der Waals surface area contributed by atoms with E-state index in [-0.39, 0.29) is 36.6 Å². The van der Waals surface area contributed by atoms with E-state index < -0.39 is 23.8 Å². The lowest BCUT2D eigenvalue weighted by Gasteiger charge is -2.16. The summed E-state index contributed by atoms with van der Waals surface area (Å²) in [5.41, 5.74) is 4.73. The molecule has 1 atom stereocenters. The molecule has 0 saturated heterocycles. The third-order valence-corrected chi connectivity index (χ3v) is 2.92. The van der Waals surface area contributed by atoms with Gasteiger partial charge in [-0.3, -0.25) is 4.79 Å². The SMILES string of the molecule is COC(CN)CC(=O)Nc1cccc(C(F)(F)F)c1C.Cl. The molecule has 120 valence electrons. The summed E-state index contributed by atoms with van der Waals surface area (Å²) in [4.78, 5) is 11.7. The fourth-order valence-corrected chi connectivity index (χ4v) is 1.75. The highest BCUT2D eigenvalue weighted by Gasteiger charge is 2.33. The van der Waals surface area contributed by atoms with Crippen molar-refractivity contribution in [2.24, 2.45) is 5.73 Å². The molecule has 1 rings (SSSR count). The van der Waals surface area contributed by atoms with E-state index in [0.29, 0.717) is 0 Å². The van der Waals surface area contributed by atoms with Crippen LogP contribution in [0.5, 0.6) is 0 Å². The van der Waals surface area contributed by atoms with Crippen LogP contribution in [0.1, 0.15) is 17.5 Å². The summed E-state index contributed by atoms with van der Waals surface area (Å²) in [6.07, 6.45) is -4.92. The van der Waals surface area contributed by atoms with Crippen LogP contribution in [0.2, 0.25) is 0 Å². The molecule has 0 aromatic heterocycles. The Balaban J connectivity index is 0.00000400. The van der Waals surface area contributed by atoms with Crippen LogP contribution in [0.25, 0.3) is 0 Å². The molecule has 0 saturated carbocycles. The van der Waals surface area contributed by atoms with Gasteiger partial charge >= 0.3 is 6.18 Å². The monoisotopic (exact) mass is 326 g/mol. The summed E-state index contributed by atoms with van der Waals surface area (Å²) < 4.78 is 43.2. The number of methoxy groups -OCH3 is 1. The second kappa shape index (κ2) is 8.21. The molecule has 0 heterocycles. The quantitative estimate of drug-likeness (QED) is 0.874. The number of ether oxygens (including phenoxy) is 1. The van der Waals surface area contributed by atoms with Crippen molar-refractivity contribution in [3.05, 3.63) is 29.3 Å². The number of nitrogens with one attached hydrogen (secondary N) is 1. The molecule has 0 bridgehead atoms. The summed E-state index contributed by atoms with van der Waals surface area (Å²) in [6.45, 7) is 1.47. The summed E-state index contributed by atoms with van der Waals surface area (Å²) in [5.74, 6) is -0.440. The number of rotatable bonds is 5. The minimum Gasteiger partial charge on any atom is -0.380 e. The van der Waals surface area contributed by atoms with Gasteiger partial charge in [-0.15, -0.1) is 12.4 Å². The third kappa shape index (κ3) is 5.53. The number of nitrogens with two attached hydrogens (primary N) is 1. The molecule has 0 spiro atoms. The number of hydrogen-bond acceptors (Lipinski definition) is 3. The average molecular weight is 327 g/mol. The van der Waals surface area contributed by atoms with Gasteiger partial charge in [-0.25, -0.2) is 0 Å². The minimum absolute atomic E-state index is 0. The Bertz CT molecular complexity index is 477. The zero-order valence-electron chi connectivity index (χ0n) is 11.7. The van der Waals surface area contributed by atoms with Crippen molar-refractivity contribution < 1.29 is 22.7 Å². The molecule has 0 aliphatic carbocycles. The van der Waals surface area contributed by atoms with Crippen LogP contribution in [0.4, 0.5) is 18.9 Å². The van der Waals surface area contributed by atoms with Gasteiger partial charge < -0.3 is 15.8 Å². The van der Waals surface area contributed by atoms with Crippen molar-refractivity contribution >= 4 is 24.0 Å². The van der Waals surface area contributed by atoms with Crippen molar-refractivity contribution in [3.8, 4) is 0 Å². The Morgan fingerprint density at radius 1 is 1.43 bits per heavy atom. The maximum Gasteiger partial charge on any atom is 0.416 e. The number of alkyl halides is 3. The van der Waals surface area contributed by atoms with Crippen LogP contribution in [-0.2, 0) is 15.7 Å². The first-order chi connectivity index (χ1) is 9.29. The van der Waals surface area contributed by atoms with E-state index in [9.17, 15) is 18.0 Å². The van der Waals surface area contributed by atoms with E-state index in [4.69, 9.17) is 10.5 Å². The van der Waals surface area contributed by atoms with Gasteiger partial charge in [-0.2, -0.15) is 13.2 Å². The number of halogens is 4. The molecule has 1 aromatic carbocycles. The molecule has 3 N–H and O–H groups in total. The fraction of sp³-hybridized carbons (Fsp3) is 0.462. The number of benzene rings is 1. The van der Waals surface area contributed by atoms with Crippen LogP contribution in [0.3, 0.4) is 0 Å². The van der Waals surface area contributed by atoms with Crippen LogP contribution < -0.4 is 11.1 Å². The summed E-state index contributed by atoms with van der Waals surface area (Å²) in [7, 11) is 1.42. The van der Waals surface area contributed by atoms with E-state index in [1.807, 2.05) is 0 Å². The first kappa shape index (κ1) is 19.7. The zero-order valence-corrected chi connectivity index (χ0v) is 12.5. The molecule has 0 fully saturated rings. The molecule has 1 amide bonds. The molecule has 8 heteroatoms. The Labute approximate surface area is 127 Å². The summed E-state index contributed by atoms with van der Waals surface area (Å²) in [6, 6.07) is 3.65. The second-order valence-electron chi connectivity index (χ2n) is 4.32. The normalized spacial score (nSPS) is 12.5. The minimum atomic E-state index is -4.45. The third-order valence-electron chi connectivity index (χ3n) is 2.92. The maximum absolute atomic E-state index is 12.7. The highest BCUT2D eigenvalue weighted by Crippen LogP contribution is 2.34. The predicted octanol–water partition coefficient (Wildman–Crippen LogP) is 2.74. The van der Waals surface area contributed by atoms with Gasteiger partial charge in [0.15, 0.2) is 0 Å². The van der Waals surface area contributed by atoms with Gasteiger partial charge in [0.25, 0.3) is 0 Å². The van der Waals surface area contributed by atoms with Gasteiger partial charge in [0, 0.05) is 19.3 Å². The number of amides is 1. The van der Waals surface area contributed by atoms with E-state index in [0.717, 1.165) is 6.07 Å². The van der Waals surface area contributed by atoms with Crippen LogP contribution in [0.15, 0.2) is 18.2 Å². The number of carbonyl (C=O) groups excluding carboxylic acids is 1. The van der Waals surface area contributed by atoms with Crippen molar-refractivity contribution in [1.82, 2.24) is 0 Å².